The van der Waals surface area contributed by atoms with Gasteiger partial charge in [0.05, 0.1) is 5.69 Å². The summed E-state index contributed by atoms with van der Waals surface area (Å²) in [7, 11) is 0. The number of aromatic carboxylic acids is 1. The number of fused-ring (bicyclic) bond motifs is 2. The Hall–Kier alpha value is -1.62. The molecule has 0 saturated carbocycles. The third-order valence-electron chi connectivity index (χ3n) is 3.69. The molecule has 2 aliphatic rings. The molecule has 5 heteroatoms. The van der Waals surface area contributed by atoms with Gasteiger partial charge in [0.1, 0.15) is 5.56 Å². The predicted octanol–water partition coefficient (Wildman–Crippen LogP) is 0.720. The van der Waals surface area contributed by atoms with Gasteiger partial charge in [-0.05, 0) is 18.9 Å². The summed E-state index contributed by atoms with van der Waals surface area (Å²) < 4.78 is 0. The number of carboxylic acid groups (broad SMARTS) is 1. The minimum Gasteiger partial charge on any atom is -0.478 e. The molecular weight excluding hydrogens is 218 g/mol. The smallest absolute Gasteiger partial charge is 0.339 e. The number of hydrogen-bond acceptors (Lipinski definition) is 4. The lowest BCUT2D eigenvalue weighted by atomic mass is 10.1. The zero-order valence-electron chi connectivity index (χ0n) is 9.47. The number of aromatic nitrogens is 1. The predicted molar refractivity (Wildman–Crippen MR) is 63.4 cm³/mol. The highest BCUT2D eigenvalue weighted by Gasteiger charge is 2.37. The van der Waals surface area contributed by atoms with Crippen LogP contribution in [0.2, 0.25) is 0 Å². The second-order valence-corrected chi connectivity index (χ2v) is 4.65. The van der Waals surface area contributed by atoms with Crippen LogP contribution in [-0.4, -0.2) is 41.2 Å². The summed E-state index contributed by atoms with van der Waals surface area (Å²) in [5.41, 5.74) is 1.13. The Bertz CT molecular complexity index is 433. The van der Waals surface area contributed by atoms with Crippen molar-refractivity contribution in [2.24, 2.45) is 0 Å². The molecule has 0 radical (unpaired) electrons. The van der Waals surface area contributed by atoms with Crippen molar-refractivity contribution in [3.63, 3.8) is 0 Å². The molecule has 0 spiro atoms. The Morgan fingerprint density at radius 3 is 2.76 bits per heavy atom. The van der Waals surface area contributed by atoms with Crippen LogP contribution < -0.4 is 10.2 Å². The minimum atomic E-state index is -0.897. The lowest BCUT2D eigenvalue weighted by molar-refractivity contribution is 0.0697. The van der Waals surface area contributed by atoms with Gasteiger partial charge in [0.25, 0.3) is 0 Å². The number of hydrogen-bond donors (Lipinski definition) is 2. The van der Waals surface area contributed by atoms with Crippen molar-refractivity contribution < 1.29 is 9.90 Å². The number of nitrogens with one attached hydrogen (secondary N) is 1. The highest BCUT2D eigenvalue weighted by atomic mass is 16.4. The zero-order chi connectivity index (χ0) is 11.8. The van der Waals surface area contributed by atoms with Crippen LogP contribution in [0.15, 0.2) is 18.5 Å². The first kappa shape index (κ1) is 10.5. The van der Waals surface area contributed by atoms with E-state index >= 15 is 0 Å². The summed E-state index contributed by atoms with van der Waals surface area (Å²) in [5, 5.41) is 12.6. The van der Waals surface area contributed by atoms with Crippen LogP contribution in [0.1, 0.15) is 23.2 Å². The molecule has 2 N–H and O–H groups in total. The first-order valence-corrected chi connectivity index (χ1v) is 5.93. The SMILES string of the molecule is O=C(O)c1cnccc1N1C2CCC1CNC2. The van der Waals surface area contributed by atoms with Crippen molar-refractivity contribution in [1.82, 2.24) is 10.3 Å². The average Bonchev–Trinajstić information content (AvgIpc) is 2.58. The van der Waals surface area contributed by atoms with Crippen molar-refractivity contribution in [2.75, 3.05) is 18.0 Å². The van der Waals surface area contributed by atoms with Gasteiger partial charge < -0.3 is 15.3 Å². The number of pyridine rings is 1. The maximum absolute atomic E-state index is 11.2. The molecule has 0 aromatic carbocycles. The molecule has 3 rings (SSSR count). The van der Waals surface area contributed by atoms with E-state index in [-0.39, 0.29) is 0 Å². The number of piperazine rings is 1. The standard InChI is InChI=1S/C12H15N3O2/c16-12(17)10-7-13-4-3-11(10)15-8-1-2-9(15)6-14-5-8/h3-4,7-9,14H,1-2,5-6H2,(H,16,17). The Morgan fingerprint density at radius 1 is 1.41 bits per heavy atom. The Kier molecular flexibility index (Phi) is 2.48. The van der Waals surface area contributed by atoms with E-state index in [1.807, 2.05) is 6.07 Å². The van der Waals surface area contributed by atoms with Gasteiger partial charge in [0.2, 0.25) is 0 Å². The monoisotopic (exact) mass is 233 g/mol. The number of carboxylic acids is 1. The van der Waals surface area contributed by atoms with Gasteiger partial charge in [-0.3, -0.25) is 4.98 Å². The quantitative estimate of drug-likeness (QED) is 0.788. The molecule has 0 amide bonds. The van der Waals surface area contributed by atoms with E-state index in [0.29, 0.717) is 17.6 Å². The highest BCUT2D eigenvalue weighted by Crippen LogP contribution is 2.33. The normalized spacial score (nSPS) is 27.2. The zero-order valence-corrected chi connectivity index (χ0v) is 9.47. The second-order valence-electron chi connectivity index (χ2n) is 4.65. The van der Waals surface area contributed by atoms with Crippen molar-refractivity contribution in [3.05, 3.63) is 24.0 Å². The van der Waals surface area contributed by atoms with Crippen LogP contribution in [0.3, 0.4) is 0 Å². The topological polar surface area (TPSA) is 65.5 Å². The van der Waals surface area contributed by atoms with Gasteiger partial charge in [0.15, 0.2) is 0 Å². The van der Waals surface area contributed by atoms with Crippen molar-refractivity contribution >= 4 is 11.7 Å². The van der Waals surface area contributed by atoms with Crippen LogP contribution in [0.4, 0.5) is 5.69 Å². The maximum atomic E-state index is 11.2. The van der Waals surface area contributed by atoms with Crippen LogP contribution in [0, 0.1) is 0 Å². The fourth-order valence-corrected chi connectivity index (χ4v) is 2.95. The summed E-state index contributed by atoms with van der Waals surface area (Å²) in [5.74, 6) is -0.897. The maximum Gasteiger partial charge on any atom is 0.339 e. The Labute approximate surface area is 99.5 Å². The van der Waals surface area contributed by atoms with Crippen LogP contribution in [0.25, 0.3) is 0 Å². The van der Waals surface area contributed by atoms with E-state index < -0.39 is 5.97 Å². The van der Waals surface area contributed by atoms with Crippen LogP contribution in [-0.2, 0) is 0 Å². The first-order chi connectivity index (χ1) is 8.27. The third-order valence-corrected chi connectivity index (χ3v) is 3.69. The molecular formula is C12H15N3O2. The fourth-order valence-electron chi connectivity index (χ4n) is 2.95. The summed E-state index contributed by atoms with van der Waals surface area (Å²) in [6, 6.07) is 2.67. The van der Waals surface area contributed by atoms with E-state index in [2.05, 4.69) is 15.2 Å². The van der Waals surface area contributed by atoms with Gasteiger partial charge >= 0.3 is 5.97 Å². The molecule has 17 heavy (non-hydrogen) atoms. The van der Waals surface area contributed by atoms with Crippen LogP contribution in [0.5, 0.6) is 0 Å². The summed E-state index contributed by atoms with van der Waals surface area (Å²) >= 11 is 0. The average molecular weight is 233 g/mol. The van der Waals surface area contributed by atoms with E-state index in [0.717, 1.165) is 31.6 Å². The Morgan fingerprint density at radius 2 is 2.12 bits per heavy atom. The summed E-state index contributed by atoms with van der Waals surface area (Å²) in [4.78, 5) is 17.4. The van der Waals surface area contributed by atoms with E-state index in [4.69, 9.17) is 0 Å². The van der Waals surface area contributed by atoms with Crippen molar-refractivity contribution in [2.45, 2.75) is 24.9 Å². The molecule has 3 heterocycles. The van der Waals surface area contributed by atoms with Gasteiger partial charge in [0, 0.05) is 37.6 Å². The van der Waals surface area contributed by atoms with Gasteiger partial charge in [-0.2, -0.15) is 0 Å². The lowest BCUT2D eigenvalue weighted by Gasteiger charge is -2.37. The molecule has 2 fully saturated rings. The molecule has 90 valence electrons. The van der Waals surface area contributed by atoms with Crippen molar-refractivity contribution in [1.29, 1.82) is 0 Å². The number of carbonyl (C=O) groups is 1. The number of rotatable bonds is 2. The second kappa shape index (κ2) is 4.00. The molecule has 5 nitrogen and oxygen atoms in total. The number of anilines is 1. The molecule has 0 aliphatic carbocycles. The largest absolute Gasteiger partial charge is 0.478 e. The first-order valence-electron chi connectivity index (χ1n) is 5.93. The molecule has 2 unspecified atom stereocenters. The third kappa shape index (κ3) is 1.67. The summed E-state index contributed by atoms with van der Waals surface area (Å²) in [6.45, 7) is 1.88. The van der Waals surface area contributed by atoms with E-state index in [1.165, 1.54) is 6.20 Å². The Balaban J connectivity index is 2.01. The summed E-state index contributed by atoms with van der Waals surface area (Å²) in [6.07, 6.45) is 5.39. The molecule has 2 bridgehead atoms. The molecule has 1 aromatic rings. The van der Waals surface area contributed by atoms with E-state index in [1.54, 1.807) is 6.20 Å². The lowest BCUT2D eigenvalue weighted by Crippen LogP contribution is -2.52. The van der Waals surface area contributed by atoms with Crippen molar-refractivity contribution in [3.8, 4) is 0 Å². The molecule has 2 atom stereocenters. The molecule has 2 aliphatic heterocycles. The number of nitrogens with zero attached hydrogens (tertiary/aromatic N) is 2. The van der Waals surface area contributed by atoms with Gasteiger partial charge in [-0.15, -0.1) is 0 Å². The highest BCUT2D eigenvalue weighted by molar-refractivity contribution is 5.94. The fraction of sp³-hybridized carbons (Fsp3) is 0.500. The van der Waals surface area contributed by atoms with Gasteiger partial charge in [-0.25, -0.2) is 4.79 Å². The minimum absolute atomic E-state index is 0.311. The van der Waals surface area contributed by atoms with Gasteiger partial charge in [-0.1, -0.05) is 0 Å². The van der Waals surface area contributed by atoms with Crippen LogP contribution >= 0.6 is 0 Å². The molecule has 2 saturated heterocycles. The van der Waals surface area contributed by atoms with E-state index in [9.17, 15) is 9.90 Å². The molecule has 1 aromatic heterocycles.